The molecular weight excluding hydrogens is 691 g/mol. The average molecular weight is 714 g/mol. The Morgan fingerprint density at radius 3 is 1.61 bits per heavy atom. The predicted molar refractivity (Wildman–Crippen MR) is 179 cm³/mol. The van der Waals surface area contributed by atoms with Crippen LogP contribution in [0.25, 0.3) is 6.08 Å². The van der Waals surface area contributed by atoms with E-state index in [9.17, 15) is 13.2 Å². The SMILES string of the molecule is ClC1=C(Sc2ccc([PH+](c3ccc(Cl)cc3)c3ccc(Cl)cc3)cc2)C=CC(=Cc2ccccc2)C1.O=S(=O)([O-])C(F)(F)F. The number of benzene rings is 4. The van der Waals surface area contributed by atoms with Gasteiger partial charge in [0.2, 0.25) is 0 Å². The summed E-state index contributed by atoms with van der Waals surface area (Å²) in [4.78, 5) is 2.26. The summed E-state index contributed by atoms with van der Waals surface area (Å²) in [5, 5.41) is 6.24. The van der Waals surface area contributed by atoms with Crippen molar-refractivity contribution in [2.75, 3.05) is 0 Å². The van der Waals surface area contributed by atoms with Gasteiger partial charge in [0.1, 0.15) is 15.9 Å². The zero-order valence-electron chi connectivity index (χ0n) is 22.6. The third kappa shape index (κ3) is 9.72. The fourth-order valence-corrected chi connectivity index (χ4v) is 8.03. The molecule has 0 N–H and O–H groups in total. The van der Waals surface area contributed by atoms with Gasteiger partial charge in [0.25, 0.3) is 0 Å². The van der Waals surface area contributed by atoms with Crippen LogP contribution in [0.3, 0.4) is 0 Å². The van der Waals surface area contributed by atoms with E-state index in [4.69, 9.17) is 47.8 Å². The topological polar surface area (TPSA) is 57.2 Å². The van der Waals surface area contributed by atoms with Crippen LogP contribution in [0.2, 0.25) is 10.0 Å². The molecule has 4 aromatic rings. The van der Waals surface area contributed by atoms with Crippen molar-refractivity contribution in [2.24, 2.45) is 0 Å². The first-order valence-electron chi connectivity index (χ1n) is 12.8. The monoisotopic (exact) mass is 712 g/mol. The van der Waals surface area contributed by atoms with Crippen LogP contribution < -0.4 is 15.9 Å². The van der Waals surface area contributed by atoms with Crippen molar-refractivity contribution in [1.82, 2.24) is 0 Å². The summed E-state index contributed by atoms with van der Waals surface area (Å²) in [5.41, 5.74) is -3.25. The van der Waals surface area contributed by atoms with Crippen molar-refractivity contribution in [1.29, 1.82) is 0 Å². The van der Waals surface area contributed by atoms with E-state index >= 15 is 0 Å². The summed E-state index contributed by atoms with van der Waals surface area (Å²) < 4.78 is 58.9. The highest BCUT2D eigenvalue weighted by Crippen LogP contribution is 2.39. The van der Waals surface area contributed by atoms with Gasteiger partial charge in [-0.05, 0) is 90.0 Å². The second kappa shape index (κ2) is 15.2. The van der Waals surface area contributed by atoms with Gasteiger partial charge in [0.15, 0.2) is 10.1 Å². The second-order valence-corrected chi connectivity index (χ2v) is 15.6. The van der Waals surface area contributed by atoms with Crippen molar-refractivity contribution in [3.63, 3.8) is 0 Å². The second-order valence-electron chi connectivity index (χ2n) is 9.32. The van der Waals surface area contributed by atoms with Gasteiger partial charge in [-0.3, -0.25) is 0 Å². The van der Waals surface area contributed by atoms with Gasteiger partial charge in [-0.15, -0.1) is 0 Å². The highest BCUT2D eigenvalue weighted by atomic mass is 35.5. The highest BCUT2D eigenvalue weighted by Gasteiger charge is 2.37. The highest BCUT2D eigenvalue weighted by molar-refractivity contribution is 8.03. The minimum atomic E-state index is -6.09. The van der Waals surface area contributed by atoms with Gasteiger partial charge in [-0.1, -0.05) is 89.0 Å². The third-order valence-corrected chi connectivity index (χ3v) is 11.5. The van der Waals surface area contributed by atoms with Gasteiger partial charge >= 0.3 is 5.51 Å². The largest absolute Gasteiger partial charge is 0.741 e. The maximum atomic E-state index is 10.7. The van der Waals surface area contributed by atoms with Crippen molar-refractivity contribution < 1.29 is 26.1 Å². The molecule has 0 radical (unpaired) electrons. The molecule has 0 heterocycles. The summed E-state index contributed by atoms with van der Waals surface area (Å²) in [7, 11) is -7.28. The van der Waals surface area contributed by atoms with E-state index in [2.05, 4.69) is 78.9 Å². The zero-order valence-corrected chi connectivity index (χ0v) is 27.5. The molecule has 0 unspecified atom stereocenters. The number of halogens is 6. The first-order valence-corrected chi connectivity index (χ1v) is 17.7. The van der Waals surface area contributed by atoms with Crippen LogP contribution in [0, 0.1) is 0 Å². The Bertz CT molecular complexity index is 1730. The van der Waals surface area contributed by atoms with Crippen LogP contribution in [-0.2, 0) is 10.1 Å². The van der Waals surface area contributed by atoms with E-state index in [-0.39, 0.29) is 0 Å². The lowest BCUT2D eigenvalue weighted by Gasteiger charge is -2.14. The number of hydrogen-bond acceptors (Lipinski definition) is 4. The maximum Gasteiger partial charge on any atom is 0.485 e. The predicted octanol–water partition coefficient (Wildman–Crippen LogP) is 9.12. The summed E-state index contributed by atoms with van der Waals surface area (Å²) in [5.74, 6) is 0. The number of allylic oxidation sites excluding steroid dienone is 4. The molecule has 228 valence electrons. The summed E-state index contributed by atoms with van der Waals surface area (Å²) in [6, 6.07) is 35.6. The summed E-state index contributed by atoms with van der Waals surface area (Å²) in [6.07, 6.45) is 7.22. The van der Waals surface area contributed by atoms with Crippen LogP contribution in [-0.4, -0.2) is 18.5 Å². The number of thioether (sulfide) groups is 1. The molecule has 4 aromatic carbocycles. The fraction of sp³-hybridized carbons (Fsp3) is 0.0625. The van der Waals surface area contributed by atoms with Gasteiger partial charge in [-0.2, -0.15) is 13.2 Å². The molecule has 1 aliphatic carbocycles. The Hall–Kier alpha value is -2.55. The Balaban J connectivity index is 0.000000488. The quantitative estimate of drug-likeness (QED) is 0.114. The summed E-state index contributed by atoms with van der Waals surface area (Å²) in [6.45, 7) is 0. The molecule has 5 rings (SSSR count). The van der Waals surface area contributed by atoms with Crippen LogP contribution in [0.5, 0.6) is 0 Å². The molecule has 0 aromatic heterocycles. The molecule has 3 nitrogen and oxygen atoms in total. The molecule has 12 heteroatoms. The lowest BCUT2D eigenvalue weighted by molar-refractivity contribution is -0.0517. The van der Waals surface area contributed by atoms with E-state index in [0.29, 0.717) is 0 Å². The molecule has 0 bridgehead atoms. The fourth-order valence-electron chi connectivity index (χ4n) is 4.10. The zero-order chi connectivity index (χ0) is 31.9. The van der Waals surface area contributed by atoms with E-state index < -0.39 is 23.5 Å². The Morgan fingerprint density at radius 1 is 0.727 bits per heavy atom. The normalized spacial score (nSPS) is 14.5. The number of hydrogen-bond donors (Lipinski definition) is 0. The number of alkyl halides is 3. The minimum Gasteiger partial charge on any atom is -0.741 e. The van der Waals surface area contributed by atoms with Crippen molar-refractivity contribution in [3.8, 4) is 0 Å². The third-order valence-electron chi connectivity index (χ3n) is 6.15. The minimum absolute atomic E-state index is 0.744. The molecule has 0 aliphatic heterocycles. The standard InChI is InChI=1S/C31H22Cl3PS.CHF3O3S/c32-24-7-11-26(12-8-24)35(27-13-9-25(33)10-14-27)28-15-17-29(18-16-28)36-31-19-6-23(21-30(31)34)20-22-4-2-1-3-5-22;2-1(3,4)8(5,6)7/h1-20H,21H2;(H,5,6,7). The van der Waals surface area contributed by atoms with Crippen LogP contribution in [0.1, 0.15) is 12.0 Å². The van der Waals surface area contributed by atoms with Crippen LogP contribution in [0.4, 0.5) is 13.2 Å². The van der Waals surface area contributed by atoms with Crippen LogP contribution in [0.15, 0.2) is 136 Å². The van der Waals surface area contributed by atoms with Crippen molar-refractivity contribution >= 4 is 86.6 Å². The van der Waals surface area contributed by atoms with Gasteiger partial charge in [-0.25, -0.2) is 8.42 Å². The number of rotatable bonds is 6. The van der Waals surface area contributed by atoms with Crippen LogP contribution >= 0.6 is 54.5 Å². The van der Waals surface area contributed by atoms with Gasteiger partial charge in [0, 0.05) is 31.3 Å². The van der Waals surface area contributed by atoms with Gasteiger partial charge in [0.05, 0.1) is 7.92 Å². The molecule has 0 atom stereocenters. The molecule has 0 spiro atoms. The van der Waals surface area contributed by atoms with Crippen molar-refractivity contribution in [3.05, 3.63) is 146 Å². The lowest BCUT2D eigenvalue weighted by atomic mass is 10.0. The molecular formula is C32H23Cl3F3O3PS2. The molecule has 0 saturated carbocycles. The Labute approximate surface area is 274 Å². The molecule has 0 fully saturated rings. The molecule has 0 saturated heterocycles. The van der Waals surface area contributed by atoms with E-state index in [1.54, 1.807) is 11.8 Å². The smallest absolute Gasteiger partial charge is 0.485 e. The van der Waals surface area contributed by atoms with E-state index in [1.807, 2.05) is 42.5 Å². The lowest BCUT2D eigenvalue weighted by Crippen LogP contribution is -2.21. The summed E-state index contributed by atoms with van der Waals surface area (Å²) >= 11 is 20.8. The average Bonchev–Trinajstić information content (AvgIpc) is 2.97. The Morgan fingerprint density at radius 2 is 1.18 bits per heavy atom. The first-order chi connectivity index (χ1) is 20.8. The first kappa shape index (κ1) is 34.3. The van der Waals surface area contributed by atoms with Crippen molar-refractivity contribution in [2.45, 2.75) is 16.8 Å². The maximum absolute atomic E-state index is 10.7. The molecule has 1 aliphatic rings. The molecule has 44 heavy (non-hydrogen) atoms. The Kier molecular flexibility index (Phi) is 11.8. The van der Waals surface area contributed by atoms with E-state index in [0.717, 1.165) is 26.4 Å². The van der Waals surface area contributed by atoms with E-state index in [1.165, 1.54) is 31.9 Å². The van der Waals surface area contributed by atoms with Gasteiger partial charge < -0.3 is 4.55 Å². The molecule has 0 amide bonds.